The highest BCUT2D eigenvalue weighted by atomic mass is 16.5. The zero-order chi connectivity index (χ0) is 18.7. The molecule has 0 radical (unpaired) electrons. The van der Waals surface area contributed by atoms with Gasteiger partial charge < -0.3 is 15.2 Å². The Morgan fingerprint density at radius 3 is 2.38 bits per heavy atom. The summed E-state index contributed by atoms with van der Waals surface area (Å²) < 4.78 is 5.37. The van der Waals surface area contributed by atoms with E-state index in [0.717, 1.165) is 16.7 Å². The quantitative estimate of drug-likeness (QED) is 0.703. The average Bonchev–Trinajstić information content (AvgIpc) is 2.65. The SMILES string of the molecule is COc1ccc(-c2ccccc2)cc1NC(=O)c1cc(C)cc(C)c1O. The van der Waals surface area contributed by atoms with Gasteiger partial charge in [-0.1, -0.05) is 42.5 Å². The molecule has 0 bridgehead atoms. The number of benzene rings is 3. The van der Waals surface area contributed by atoms with Crippen LogP contribution in [0.2, 0.25) is 0 Å². The number of methoxy groups -OCH3 is 1. The number of carbonyl (C=O) groups is 1. The van der Waals surface area contributed by atoms with Gasteiger partial charge >= 0.3 is 0 Å². The number of nitrogens with one attached hydrogen (secondary N) is 1. The van der Waals surface area contributed by atoms with Crippen LogP contribution in [0.5, 0.6) is 11.5 Å². The van der Waals surface area contributed by atoms with E-state index < -0.39 is 0 Å². The van der Waals surface area contributed by atoms with Crippen molar-refractivity contribution < 1.29 is 14.6 Å². The predicted octanol–water partition coefficient (Wildman–Crippen LogP) is 4.94. The molecule has 3 rings (SSSR count). The fraction of sp³-hybridized carbons (Fsp3) is 0.136. The second-order valence-electron chi connectivity index (χ2n) is 6.21. The van der Waals surface area contributed by atoms with E-state index >= 15 is 0 Å². The molecule has 0 aliphatic rings. The van der Waals surface area contributed by atoms with Gasteiger partial charge in [-0.15, -0.1) is 0 Å². The molecule has 3 aromatic carbocycles. The molecule has 3 aromatic rings. The molecule has 0 spiro atoms. The van der Waals surface area contributed by atoms with Crippen LogP contribution < -0.4 is 10.1 Å². The van der Waals surface area contributed by atoms with Gasteiger partial charge in [0.25, 0.3) is 5.91 Å². The number of hydrogen-bond donors (Lipinski definition) is 2. The van der Waals surface area contributed by atoms with E-state index in [4.69, 9.17) is 4.74 Å². The Balaban J connectivity index is 1.97. The summed E-state index contributed by atoms with van der Waals surface area (Å²) in [6.07, 6.45) is 0. The third kappa shape index (κ3) is 3.54. The van der Waals surface area contributed by atoms with Crippen molar-refractivity contribution in [3.63, 3.8) is 0 Å². The molecule has 1 amide bonds. The van der Waals surface area contributed by atoms with Crippen molar-refractivity contribution in [2.75, 3.05) is 12.4 Å². The molecule has 0 unspecified atom stereocenters. The average molecular weight is 347 g/mol. The Kier molecular flexibility index (Phi) is 4.94. The van der Waals surface area contributed by atoms with E-state index in [1.165, 1.54) is 0 Å². The van der Waals surface area contributed by atoms with Crippen LogP contribution in [0.25, 0.3) is 11.1 Å². The monoisotopic (exact) mass is 347 g/mol. The van der Waals surface area contributed by atoms with Gasteiger partial charge in [-0.25, -0.2) is 0 Å². The first-order valence-corrected chi connectivity index (χ1v) is 8.34. The largest absolute Gasteiger partial charge is 0.507 e. The minimum Gasteiger partial charge on any atom is -0.507 e. The first-order valence-electron chi connectivity index (χ1n) is 8.34. The molecule has 0 fully saturated rings. The van der Waals surface area contributed by atoms with Gasteiger partial charge in [0.2, 0.25) is 0 Å². The van der Waals surface area contributed by atoms with Gasteiger partial charge in [0.05, 0.1) is 18.4 Å². The molecule has 0 saturated carbocycles. The number of phenolic OH excluding ortho intramolecular Hbond substituents is 1. The number of carbonyl (C=O) groups excluding carboxylic acids is 1. The number of amides is 1. The van der Waals surface area contributed by atoms with Crippen molar-refractivity contribution in [1.82, 2.24) is 0 Å². The normalized spacial score (nSPS) is 10.4. The van der Waals surface area contributed by atoms with Crippen molar-refractivity contribution in [2.24, 2.45) is 0 Å². The first-order chi connectivity index (χ1) is 12.5. The second kappa shape index (κ2) is 7.31. The summed E-state index contributed by atoms with van der Waals surface area (Å²) >= 11 is 0. The topological polar surface area (TPSA) is 58.6 Å². The van der Waals surface area contributed by atoms with Crippen molar-refractivity contribution in [3.8, 4) is 22.6 Å². The number of hydrogen-bond acceptors (Lipinski definition) is 3. The van der Waals surface area contributed by atoms with E-state index in [1.807, 2.05) is 61.5 Å². The van der Waals surface area contributed by atoms with E-state index in [0.29, 0.717) is 17.0 Å². The van der Waals surface area contributed by atoms with Gasteiger partial charge in [0, 0.05) is 0 Å². The van der Waals surface area contributed by atoms with Gasteiger partial charge in [-0.2, -0.15) is 0 Å². The summed E-state index contributed by atoms with van der Waals surface area (Å²) in [6, 6.07) is 19.0. The third-order valence-electron chi connectivity index (χ3n) is 4.24. The molecular formula is C22H21NO3. The van der Waals surface area contributed by atoms with Crippen molar-refractivity contribution >= 4 is 11.6 Å². The fourth-order valence-electron chi connectivity index (χ4n) is 2.94. The van der Waals surface area contributed by atoms with Gasteiger partial charge in [0.15, 0.2) is 0 Å². The highest BCUT2D eigenvalue weighted by Crippen LogP contribution is 2.32. The standard InChI is InChI=1S/C22H21NO3/c1-14-11-15(2)21(24)18(12-14)22(25)23-19-13-17(9-10-20(19)26-3)16-7-5-4-6-8-16/h4-13,24H,1-3H3,(H,23,25). The van der Waals surface area contributed by atoms with Gasteiger partial charge in [-0.05, 0) is 54.3 Å². The minimum absolute atomic E-state index is 0.00807. The molecular weight excluding hydrogens is 326 g/mol. The summed E-state index contributed by atoms with van der Waals surface area (Å²) in [5.74, 6) is 0.172. The molecule has 0 aromatic heterocycles. The summed E-state index contributed by atoms with van der Waals surface area (Å²) in [7, 11) is 1.56. The minimum atomic E-state index is -0.377. The molecule has 0 aliphatic heterocycles. The van der Waals surface area contributed by atoms with Gasteiger partial charge in [0.1, 0.15) is 11.5 Å². The maximum atomic E-state index is 12.7. The van der Waals surface area contributed by atoms with Crippen LogP contribution in [0.15, 0.2) is 60.7 Å². The molecule has 0 heterocycles. The van der Waals surface area contributed by atoms with Crippen molar-refractivity contribution in [3.05, 3.63) is 77.4 Å². The molecule has 4 heteroatoms. The smallest absolute Gasteiger partial charge is 0.259 e. The Hall–Kier alpha value is -3.27. The Morgan fingerprint density at radius 2 is 1.69 bits per heavy atom. The second-order valence-corrected chi connectivity index (χ2v) is 6.21. The lowest BCUT2D eigenvalue weighted by atomic mass is 10.0. The molecule has 0 saturated heterocycles. The molecule has 4 nitrogen and oxygen atoms in total. The number of anilines is 1. The maximum absolute atomic E-state index is 12.7. The van der Waals surface area contributed by atoms with E-state index in [9.17, 15) is 9.90 Å². The number of aryl methyl sites for hydroxylation is 2. The van der Waals surface area contributed by atoms with Crippen LogP contribution in [0, 0.1) is 13.8 Å². The van der Waals surface area contributed by atoms with Crippen LogP contribution in [0.4, 0.5) is 5.69 Å². The number of aromatic hydroxyl groups is 1. The lowest BCUT2D eigenvalue weighted by molar-refractivity contribution is 0.102. The summed E-state index contributed by atoms with van der Waals surface area (Å²) in [6.45, 7) is 3.66. The van der Waals surface area contributed by atoms with Crippen LogP contribution in [0.1, 0.15) is 21.5 Å². The summed E-state index contributed by atoms with van der Waals surface area (Å²) in [5.41, 5.74) is 4.38. The molecule has 2 N–H and O–H groups in total. The Bertz CT molecular complexity index is 949. The zero-order valence-corrected chi connectivity index (χ0v) is 15.0. The summed E-state index contributed by atoms with van der Waals surface area (Å²) in [5, 5.41) is 13.1. The van der Waals surface area contributed by atoms with Crippen LogP contribution in [-0.2, 0) is 0 Å². The first kappa shape index (κ1) is 17.5. The van der Waals surface area contributed by atoms with Crippen molar-refractivity contribution in [2.45, 2.75) is 13.8 Å². The van der Waals surface area contributed by atoms with Gasteiger partial charge in [-0.3, -0.25) is 4.79 Å². The predicted molar refractivity (Wildman–Crippen MR) is 104 cm³/mol. The maximum Gasteiger partial charge on any atom is 0.259 e. The number of rotatable bonds is 4. The third-order valence-corrected chi connectivity index (χ3v) is 4.24. The highest BCUT2D eigenvalue weighted by molar-refractivity contribution is 6.07. The van der Waals surface area contributed by atoms with Crippen LogP contribution in [-0.4, -0.2) is 18.1 Å². The molecule has 0 aliphatic carbocycles. The molecule has 26 heavy (non-hydrogen) atoms. The molecule has 132 valence electrons. The van der Waals surface area contributed by atoms with Crippen LogP contribution in [0.3, 0.4) is 0 Å². The number of phenols is 1. The van der Waals surface area contributed by atoms with E-state index in [-0.39, 0.29) is 17.2 Å². The Morgan fingerprint density at radius 1 is 0.962 bits per heavy atom. The molecule has 0 atom stereocenters. The number of ether oxygens (including phenoxy) is 1. The summed E-state index contributed by atoms with van der Waals surface area (Å²) in [4.78, 5) is 12.7. The fourth-order valence-corrected chi connectivity index (χ4v) is 2.94. The zero-order valence-electron chi connectivity index (χ0n) is 15.0. The van der Waals surface area contributed by atoms with Crippen molar-refractivity contribution in [1.29, 1.82) is 0 Å². The highest BCUT2D eigenvalue weighted by Gasteiger charge is 2.16. The van der Waals surface area contributed by atoms with E-state index in [2.05, 4.69) is 5.32 Å². The van der Waals surface area contributed by atoms with Crippen LogP contribution >= 0.6 is 0 Å². The lowest BCUT2D eigenvalue weighted by Crippen LogP contribution is -2.13. The Labute approximate surface area is 153 Å². The van der Waals surface area contributed by atoms with E-state index in [1.54, 1.807) is 20.1 Å². The lowest BCUT2D eigenvalue weighted by Gasteiger charge is -2.14.